The molecule has 0 aliphatic carbocycles. The van der Waals surface area contributed by atoms with Crippen molar-refractivity contribution in [3.63, 3.8) is 0 Å². The van der Waals surface area contributed by atoms with E-state index in [1.54, 1.807) is 12.4 Å². The van der Waals surface area contributed by atoms with Gasteiger partial charge in [0.05, 0.1) is 23.0 Å². The zero-order valence-corrected chi connectivity index (χ0v) is 13.4. The predicted octanol–water partition coefficient (Wildman–Crippen LogP) is 1.95. The SMILES string of the molecule is CC(C)(C)Oc1cncc(B2OC(C)(C)C(C)(C)O2)n1. The number of aromatic nitrogens is 2. The molecule has 0 radical (unpaired) electrons. The minimum atomic E-state index is -0.518. The third-order valence-electron chi connectivity index (χ3n) is 3.54. The van der Waals surface area contributed by atoms with E-state index in [4.69, 9.17) is 14.0 Å². The van der Waals surface area contributed by atoms with Gasteiger partial charge in [-0.1, -0.05) is 0 Å². The van der Waals surface area contributed by atoms with E-state index in [0.29, 0.717) is 11.5 Å². The molecule has 20 heavy (non-hydrogen) atoms. The van der Waals surface area contributed by atoms with Crippen molar-refractivity contribution in [2.24, 2.45) is 0 Å². The van der Waals surface area contributed by atoms with Crippen molar-refractivity contribution in [1.29, 1.82) is 0 Å². The van der Waals surface area contributed by atoms with Gasteiger partial charge in [-0.2, -0.15) is 0 Å². The summed E-state index contributed by atoms with van der Waals surface area (Å²) in [6.07, 6.45) is 3.25. The first-order chi connectivity index (χ1) is 9.00. The van der Waals surface area contributed by atoms with Gasteiger partial charge in [0.2, 0.25) is 5.88 Å². The lowest BCUT2D eigenvalue weighted by atomic mass is 9.85. The van der Waals surface area contributed by atoms with E-state index in [0.717, 1.165) is 0 Å². The topological polar surface area (TPSA) is 53.5 Å². The zero-order valence-electron chi connectivity index (χ0n) is 13.4. The molecule has 1 saturated heterocycles. The Bertz CT molecular complexity index is 481. The van der Waals surface area contributed by atoms with Crippen LogP contribution in [0.1, 0.15) is 48.5 Å². The van der Waals surface area contributed by atoms with Crippen molar-refractivity contribution in [1.82, 2.24) is 9.97 Å². The van der Waals surface area contributed by atoms with Crippen molar-refractivity contribution in [2.45, 2.75) is 65.3 Å². The molecular weight excluding hydrogens is 255 g/mol. The molecule has 1 fully saturated rings. The van der Waals surface area contributed by atoms with Crippen LogP contribution in [0.15, 0.2) is 12.4 Å². The minimum Gasteiger partial charge on any atom is -0.471 e. The summed E-state index contributed by atoms with van der Waals surface area (Å²) in [6.45, 7) is 13.9. The van der Waals surface area contributed by atoms with E-state index in [9.17, 15) is 0 Å². The maximum atomic E-state index is 5.95. The van der Waals surface area contributed by atoms with Crippen molar-refractivity contribution in [2.75, 3.05) is 0 Å². The standard InChI is InChI=1S/C14H23BN2O3/c1-12(2,3)18-11-9-16-8-10(17-11)15-19-13(4,5)14(6,7)20-15/h8-9H,1-7H3. The molecule has 1 aromatic heterocycles. The molecular formula is C14H23BN2O3. The number of rotatable bonds is 2. The quantitative estimate of drug-likeness (QED) is 0.774. The average molecular weight is 278 g/mol. The molecule has 0 atom stereocenters. The van der Waals surface area contributed by atoms with Gasteiger partial charge in [-0.05, 0) is 48.5 Å². The van der Waals surface area contributed by atoms with Crippen molar-refractivity contribution < 1.29 is 14.0 Å². The second kappa shape index (κ2) is 4.70. The van der Waals surface area contributed by atoms with Crippen molar-refractivity contribution >= 4 is 12.7 Å². The number of hydrogen-bond acceptors (Lipinski definition) is 5. The Morgan fingerprint density at radius 2 is 1.60 bits per heavy atom. The van der Waals surface area contributed by atoms with Gasteiger partial charge in [0, 0.05) is 6.20 Å². The molecule has 1 aliphatic heterocycles. The van der Waals surface area contributed by atoms with Gasteiger partial charge in [-0.15, -0.1) is 0 Å². The van der Waals surface area contributed by atoms with E-state index in [1.807, 2.05) is 48.5 Å². The van der Waals surface area contributed by atoms with Crippen LogP contribution < -0.4 is 10.3 Å². The van der Waals surface area contributed by atoms with E-state index in [-0.39, 0.29) is 16.8 Å². The molecule has 110 valence electrons. The smallest absolute Gasteiger partial charge is 0.471 e. The highest BCUT2D eigenvalue weighted by molar-refractivity contribution is 6.61. The molecule has 0 bridgehead atoms. The summed E-state index contributed by atoms with van der Waals surface area (Å²) in [4.78, 5) is 8.60. The molecule has 1 aromatic rings. The van der Waals surface area contributed by atoms with Gasteiger partial charge in [-0.25, -0.2) is 4.98 Å². The molecule has 0 spiro atoms. The first-order valence-corrected chi connectivity index (χ1v) is 6.87. The molecule has 0 aromatic carbocycles. The van der Waals surface area contributed by atoms with Crippen molar-refractivity contribution in [3.8, 4) is 5.88 Å². The lowest BCUT2D eigenvalue weighted by Crippen LogP contribution is -2.41. The fraction of sp³-hybridized carbons (Fsp3) is 0.714. The summed E-state index contributed by atoms with van der Waals surface area (Å²) in [5, 5.41) is 0. The van der Waals surface area contributed by atoms with Crippen molar-refractivity contribution in [3.05, 3.63) is 12.4 Å². The summed E-state index contributed by atoms with van der Waals surface area (Å²) >= 11 is 0. The van der Waals surface area contributed by atoms with Gasteiger partial charge in [-0.3, -0.25) is 4.98 Å². The third-order valence-corrected chi connectivity index (χ3v) is 3.54. The predicted molar refractivity (Wildman–Crippen MR) is 78.1 cm³/mol. The largest absolute Gasteiger partial charge is 0.516 e. The van der Waals surface area contributed by atoms with Gasteiger partial charge in [0.1, 0.15) is 5.60 Å². The van der Waals surface area contributed by atoms with Gasteiger partial charge in [0.25, 0.3) is 0 Å². The van der Waals surface area contributed by atoms with E-state index >= 15 is 0 Å². The monoisotopic (exact) mass is 278 g/mol. The maximum Gasteiger partial charge on any atom is 0.516 e. The van der Waals surface area contributed by atoms with E-state index in [2.05, 4.69) is 9.97 Å². The maximum absolute atomic E-state index is 5.95. The molecule has 6 heteroatoms. The molecule has 1 aliphatic rings. The van der Waals surface area contributed by atoms with E-state index < -0.39 is 7.12 Å². The lowest BCUT2D eigenvalue weighted by Gasteiger charge is -2.32. The normalized spacial score (nSPS) is 21.1. The highest BCUT2D eigenvalue weighted by atomic mass is 16.7. The third kappa shape index (κ3) is 3.12. The Labute approximate surface area is 121 Å². The Morgan fingerprint density at radius 1 is 1.05 bits per heavy atom. The van der Waals surface area contributed by atoms with Crippen LogP contribution in [0.25, 0.3) is 0 Å². The number of ether oxygens (including phenoxy) is 1. The van der Waals surface area contributed by atoms with Crippen LogP contribution in [0.4, 0.5) is 0 Å². The molecule has 0 saturated carbocycles. The first-order valence-electron chi connectivity index (χ1n) is 6.87. The Kier molecular flexibility index (Phi) is 3.59. The zero-order chi connectivity index (χ0) is 15.2. The minimum absolute atomic E-state index is 0.316. The highest BCUT2D eigenvalue weighted by Gasteiger charge is 2.52. The summed E-state index contributed by atoms with van der Waals surface area (Å²) < 4.78 is 17.6. The van der Waals surface area contributed by atoms with Gasteiger partial charge >= 0.3 is 7.12 Å². The summed E-state index contributed by atoms with van der Waals surface area (Å²) in [5.74, 6) is 0.477. The molecule has 0 unspecified atom stereocenters. The van der Waals surface area contributed by atoms with Crippen LogP contribution in [0.3, 0.4) is 0 Å². The highest BCUT2D eigenvalue weighted by Crippen LogP contribution is 2.36. The van der Waals surface area contributed by atoms with Crippen LogP contribution in [-0.4, -0.2) is 33.9 Å². The lowest BCUT2D eigenvalue weighted by molar-refractivity contribution is 0.00578. The fourth-order valence-electron chi connectivity index (χ4n) is 1.80. The molecule has 0 N–H and O–H groups in total. The second-order valence-corrected chi connectivity index (χ2v) is 7.08. The Balaban J connectivity index is 2.21. The summed E-state index contributed by atoms with van der Waals surface area (Å²) in [7, 11) is -0.518. The van der Waals surface area contributed by atoms with Crippen LogP contribution >= 0.6 is 0 Å². The van der Waals surface area contributed by atoms with Crippen LogP contribution in [0.2, 0.25) is 0 Å². The molecule has 2 heterocycles. The fourth-order valence-corrected chi connectivity index (χ4v) is 1.80. The second-order valence-electron chi connectivity index (χ2n) is 7.08. The van der Waals surface area contributed by atoms with Crippen LogP contribution in [0.5, 0.6) is 5.88 Å². The van der Waals surface area contributed by atoms with E-state index in [1.165, 1.54) is 0 Å². The molecule has 5 nitrogen and oxygen atoms in total. The number of hydrogen-bond donors (Lipinski definition) is 0. The summed E-state index contributed by atoms with van der Waals surface area (Å²) in [5.41, 5.74) is -0.464. The van der Waals surface area contributed by atoms with Crippen LogP contribution in [0, 0.1) is 0 Å². The van der Waals surface area contributed by atoms with Crippen LogP contribution in [-0.2, 0) is 9.31 Å². The average Bonchev–Trinajstić information content (AvgIpc) is 2.46. The Hall–Kier alpha value is -1.14. The number of nitrogens with zero attached hydrogens (tertiary/aromatic N) is 2. The van der Waals surface area contributed by atoms with Gasteiger partial charge < -0.3 is 14.0 Å². The summed E-state index contributed by atoms with van der Waals surface area (Å²) in [6, 6.07) is 0. The molecule has 0 amide bonds. The molecule has 2 rings (SSSR count). The first kappa shape index (κ1) is 15.3. The van der Waals surface area contributed by atoms with Gasteiger partial charge in [0.15, 0.2) is 0 Å². The Morgan fingerprint density at radius 3 is 2.10 bits per heavy atom.